The molecule has 3 rings (SSSR count). The van der Waals surface area contributed by atoms with Crippen molar-refractivity contribution in [3.05, 3.63) is 36.3 Å². The molecule has 2 aromatic rings. The highest BCUT2D eigenvalue weighted by molar-refractivity contribution is 5.90. The maximum Gasteiger partial charge on any atom is 0.359 e. The van der Waals surface area contributed by atoms with Crippen molar-refractivity contribution in [3.63, 3.8) is 0 Å². The molecule has 0 atom stereocenters. The summed E-state index contributed by atoms with van der Waals surface area (Å²) in [6.07, 6.45) is 6.40. The van der Waals surface area contributed by atoms with E-state index in [1.54, 1.807) is 22.9 Å². The number of aromatic nitrogens is 2. The molecule has 2 aromatic heterocycles. The van der Waals surface area contributed by atoms with E-state index in [9.17, 15) is 14.9 Å². The molecule has 118 valence electrons. The number of nitrogens with one attached hydrogen (secondary N) is 1. The van der Waals surface area contributed by atoms with Gasteiger partial charge in [0.2, 0.25) is 0 Å². The molecule has 7 heteroatoms. The van der Waals surface area contributed by atoms with Crippen LogP contribution in [-0.4, -0.2) is 33.4 Å². The molecule has 0 unspecified atom stereocenters. The average Bonchev–Trinajstić information content (AvgIpc) is 3.19. The SMILES string of the molecule is N#CC1(NC(=O)COC(=O)c2cn3ccccc3n2)CCCC1. The normalized spacial score (nSPS) is 16.0. The predicted octanol–water partition coefficient (Wildman–Crippen LogP) is 1.44. The molecule has 1 saturated carbocycles. The van der Waals surface area contributed by atoms with Crippen LogP contribution in [0.1, 0.15) is 36.2 Å². The number of carbonyl (C=O) groups excluding carboxylic acids is 2. The average molecular weight is 312 g/mol. The lowest BCUT2D eigenvalue weighted by Crippen LogP contribution is -2.46. The van der Waals surface area contributed by atoms with Crippen molar-refractivity contribution in [2.75, 3.05) is 6.61 Å². The van der Waals surface area contributed by atoms with Gasteiger partial charge in [0.15, 0.2) is 12.3 Å². The lowest BCUT2D eigenvalue weighted by molar-refractivity contribution is -0.125. The Morgan fingerprint density at radius 1 is 1.39 bits per heavy atom. The fourth-order valence-corrected chi connectivity index (χ4v) is 2.78. The first-order valence-electron chi connectivity index (χ1n) is 7.45. The minimum atomic E-state index is -0.813. The second-order valence-electron chi connectivity index (χ2n) is 5.62. The zero-order valence-electron chi connectivity index (χ0n) is 12.5. The highest BCUT2D eigenvalue weighted by atomic mass is 16.5. The summed E-state index contributed by atoms with van der Waals surface area (Å²) >= 11 is 0. The summed E-state index contributed by atoms with van der Waals surface area (Å²) in [4.78, 5) is 28.0. The molecule has 1 amide bonds. The Bertz CT molecular complexity index is 751. The fourth-order valence-electron chi connectivity index (χ4n) is 2.78. The van der Waals surface area contributed by atoms with Crippen LogP contribution in [-0.2, 0) is 9.53 Å². The summed E-state index contributed by atoms with van der Waals surface area (Å²) in [5.74, 6) is -1.13. The molecule has 0 aliphatic heterocycles. The number of hydrogen-bond acceptors (Lipinski definition) is 5. The van der Waals surface area contributed by atoms with Gasteiger partial charge in [0.25, 0.3) is 5.91 Å². The van der Waals surface area contributed by atoms with Crippen LogP contribution in [0.15, 0.2) is 30.6 Å². The molecular weight excluding hydrogens is 296 g/mol. The van der Waals surface area contributed by atoms with E-state index < -0.39 is 24.0 Å². The number of amides is 1. The first kappa shape index (κ1) is 15.0. The van der Waals surface area contributed by atoms with Crippen molar-refractivity contribution in [1.29, 1.82) is 5.26 Å². The van der Waals surface area contributed by atoms with Gasteiger partial charge in [0.05, 0.1) is 6.07 Å². The van der Waals surface area contributed by atoms with E-state index in [4.69, 9.17) is 4.74 Å². The highest BCUT2D eigenvalue weighted by Crippen LogP contribution is 2.28. The maximum absolute atomic E-state index is 12.0. The van der Waals surface area contributed by atoms with Crippen molar-refractivity contribution in [2.45, 2.75) is 31.2 Å². The molecule has 0 spiro atoms. The summed E-state index contributed by atoms with van der Waals surface area (Å²) in [6.45, 7) is -0.421. The van der Waals surface area contributed by atoms with E-state index in [0.717, 1.165) is 12.8 Å². The Morgan fingerprint density at radius 2 is 2.17 bits per heavy atom. The van der Waals surface area contributed by atoms with Gasteiger partial charge in [0.1, 0.15) is 11.2 Å². The van der Waals surface area contributed by atoms with Gasteiger partial charge < -0.3 is 14.5 Å². The summed E-state index contributed by atoms with van der Waals surface area (Å²) < 4.78 is 6.68. The first-order chi connectivity index (χ1) is 11.1. The Balaban J connectivity index is 1.58. The van der Waals surface area contributed by atoms with Crippen LogP contribution in [0.3, 0.4) is 0 Å². The number of ether oxygens (including phenoxy) is 1. The number of esters is 1. The zero-order valence-corrected chi connectivity index (χ0v) is 12.5. The molecule has 7 nitrogen and oxygen atoms in total. The smallest absolute Gasteiger partial charge is 0.359 e. The summed E-state index contributed by atoms with van der Waals surface area (Å²) in [5, 5.41) is 11.9. The first-order valence-corrected chi connectivity index (χ1v) is 7.45. The molecule has 1 N–H and O–H groups in total. The standard InChI is InChI=1S/C16H16N4O3/c17-11-16(6-2-3-7-16)19-14(21)10-23-15(22)12-9-20-8-4-1-5-13(20)18-12/h1,4-5,8-9H,2-3,6-7,10H2,(H,19,21). The van der Waals surface area contributed by atoms with Crippen molar-refractivity contribution in [3.8, 4) is 6.07 Å². The molecule has 1 fully saturated rings. The quantitative estimate of drug-likeness (QED) is 0.862. The number of imidazole rings is 1. The van der Waals surface area contributed by atoms with E-state index in [1.807, 2.05) is 12.1 Å². The van der Waals surface area contributed by atoms with Crippen LogP contribution in [0.2, 0.25) is 0 Å². The molecular formula is C16H16N4O3. The minimum absolute atomic E-state index is 0.139. The monoisotopic (exact) mass is 312 g/mol. The summed E-state index contributed by atoms with van der Waals surface area (Å²) in [7, 11) is 0. The van der Waals surface area contributed by atoms with Gasteiger partial charge in [-0.2, -0.15) is 5.26 Å². The van der Waals surface area contributed by atoms with Crippen molar-refractivity contribution < 1.29 is 14.3 Å². The molecule has 1 aliphatic carbocycles. The number of carbonyl (C=O) groups is 2. The summed E-state index contributed by atoms with van der Waals surface area (Å²) in [5.41, 5.74) is -0.0507. The molecule has 1 aliphatic rings. The van der Waals surface area contributed by atoms with Crippen LogP contribution in [0.25, 0.3) is 5.65 Å². The Hall–Kier alpha value is -2.88. The van der Waals surface area contributed by atoms with Gasteiger partial charge in [0, 0.05) is 12.4 Å². The lowest BCUT2D eigenvalue weighted by atomic mass is 10.00. The Morgan fingerprint density at radius 3 is 2.87 bits per heavy atom. The molecule has 23 heavy (non-hydrogen) atoms. The fraction of sp³-hybridized carbons (Fsp3) is 0.375. The number of nitrogens with zero attached hydrogens (tertiary/aromatic N) is 3. The van der Waals surface area contributed by atoms with Gasteiger partial charge in [-0.1, -0.05) is 6.07 Å². The van der Waals surface area contributed by atoms with Crippen molar-refractivity contribution >= 4 is 17.5 Å². The van der Waals surface area contributed by atoms with E-state index in [-0.39, 0.29) is 5.69 Å². The van der Waals surface area contributed by atoms with Crippen LogP contribution >= 0.6 is 0 Å². The lowest BCUT2D eigenvalue weighted by Gasteiger charge is -2.21. The zero-order chi connectivity index (χ0) is 16.3. The van der Waals surface area contributed by atoms with E-state index in [2.05, 4.69) is 16.4 Å². The van der Waals surface area contributed by atoms with Crippen LogP contribution in [0.4, 0.5) is 0 Å². The number of rotatable bonds is 4. The molecule has 0 radical (unpaired) electrons. The van der Waals surface area contributed by atoms with Crippen molar-refractivity contribution in [2.24, 2.45) is 0 Å². The van der Waals surface area contributed by atoms with E-state index in [1.165, 1.54) is 0 Å². The largest absolute Gasteiger partial charge is 0.451 e. The molecule has 0 aromatic carbocycles. The van der Waals surface area contributed by atoms with Crippen LogP contribution in [0, 0.1) is 11.3 Å². The highest BCUT2D eigenvalue weighted by Gasteiger charge is 2.35. The Kier molecular flexibility index (Phi) is 3.98. The molecule has 2 heterocycles. The number of fused-ring (bicyclic) bond motifs is 1. The van der Waals surface area contributed by atoms with Gasteiger partial charge in [-0.15, -0.1) is 0 Å². The number of nitriles is 1. The number of hydrogen-bond donors (Lipinski definition) is 1. The maximum atomic E-state index is 12.0. The van der Waals surface area contributed by atoms with Gasteiger partial charge in [-0.3, -0.25) is 4.79 Å². The van der Waals surface area contributed by atoms with E-state index >= 15 is 0 Å². The molecule has 0 bridgehead atoms. The summed E-state index contributed by atoms with van der Waals surface area (Å²) in [6, 6.07) is 7.55. The van der Waals surface area contributed by atoms with Gasteiger partial charge in [-0.05, 0) is 37.8 Å². The third kappa shape index (κ3) is 3.16. The predicted molar refractivity (Wildman–Crippen MR) is 80.4 cm³/mol. The number of pyridine rings is 1. The van der Waals surface area contributed by atoms with Gasteiger partial charge >= 0.3 is 5.97 Å². The van der Waals surface area contributed by atoms with Crippen LogP contribution < -0.4 is 5.32 Å². The molecule has 0 saturated heterocycles. The second-order valence-corrected chi connectivity index (χ2v) is 5.62. The third-order valence-electron chi connectivity index (χ3n) is 3.96. The second kappa shape index (κ2) is 6.08. The Labute approximate surface area is 132 Å². The van der Waals surface area contributed by atoms with E-state index in [0.29, 0.717) is 18.5 Å². The topological polar surface area (TPSA) is 96.5 Å². The van der Waals surface area contributed by atoms with Crippen molar-refractivity contribution in [1.82, 2.24) is 14.7 Å². The minimum Gasteiger partial charge on any atom is -0.451 e. The van der Waals surface area contributed by atoms with Crippen LogP contribution in [0.5, 0.6) is 0 Å². The third-order valence-corrected chi connectivity index (χ3v) is 3.96. The van der Waals surface area contributed by atoms with Gasteiger partial charge in [-0.25, -0.2) is 9.78 Å².